The van der Waals surface area contributed by atoms with Crippen LogP contribution in [0.5, 0.6) is 0 Å². The maximum atomic E-state index is 11.4. The van der Waals surface area contributed by atoms with Crippen LogP contribution >= 0.6 is 11.8 Å². The number of hydrogen-bond donors (Lipinski definition) is 1. The van der Waals surface area contributed by atoms with Crippen molar-refractivity contribution in [2.45, 2.75) is 26.2 Å². The first-order valence-corrected chi connectivity index (χ1v) is 7.89. The molecule has 4 nitrogen and oxygen atoms in total. The van der Waals surface area contributed by atoms with E-state index < -0.39 is 0 Å². The molecule has 0 radical (unpaired) electrons. The second kappa shape index (κ2) is 13.2. The number of amides is 1. The number of rotatable bonds is 12. The van der Waals surface area contributed by atoms with Crippen LogP contribution in [0.1, 0.15) is 26.2 Å². The van der Waals surface area contributed by atoms with Crippen LogP contribution in [0.25, 0.3) is 0 Å². The fourth-order valence-corrected chi connectivity index (χ4v) is 2.24. The van der Waals surface area contributed by atoms with Gasteiger partial charge in [-0.05, 0) is 26.3 Å². The molecule has 0 aromatic rings. The molecule has 0 spiro atoms. The molecular weight excluding hydrogens is 248 g/mol. The van der Waals surface area contributed by atoms with Crippen LogP contribution in [0.4, 0.5) is 0 Å². The van der Waals surface area contributed by atoms with E-state index in [1.165, 1.54) is 12.8 Å². The van der Waals surface area contributed by atoms with Gasteiger partial charge in [0, 0.05) is 25.3 Å². The molecule has 0 heterocycles. The molecule has 0 aromatic carbocycles. The van der Waals surface area contributed by atoms with Crippen LogP contribution in [-0.2, 0) is 9.53 Å². The lowest BCUT2D eigenvalue weighted by molar-refractivity contribution is -0.120. The van der Waals surface area contributed by atoms with E-state index in [4.69, 9.17) is 4.74 Å². The number of ether oxygens (including phenoxy) is 1. The van der Waals surface area contributed by atoms with Crippen LogP contribution < -0.4 is 5.32 Å². The zero-order chi connectivity index (χ0) is 13.6. The van der Waals surface area contributed by atoms with Crippen LogP contribution in [-0.4, -0.2) is 62.7 Å². The molecule has 0 saturated carbocycles. The topological polar surface area (TPSA) is 41.6 Å². The van der Waals surface area contributed by atoms with Gasteiger partial charge in [-0.2, -0.15) is 11.8 Å². The lowest BCUT2D eigenvalue weighted by atomic mass is 10.4. The van der Waals surface area contributed by atoms with Crippen LogP contribution in [0.2, 0.25) is 0 Å². The predicted molar refractivity (Wildman–Crippen MR) is 79.2 cm³/mol. The van der Waals surface area contributed by atoms with Gasteiger partial charge in [-0.25, -0.2) is 0 Å². The smallest absolute Gasteiger partial charge is 0.220 e. The Balaban J connectivity index is 3.17. The summed E-state index contributed by atoms with van der Waals surface area (Å²) in [5.74, 6) is 2.22. The van der Waals surface area contributed by atoms with E-state index in [1.807, 2.05) is 25.9 Å². The number of nitrogens with zero attached hydrogens (tertiary/aromatic N) is 1. The summed E-state index contributed by atoms with van der Waals surface area (Å²) in [6, 6.07) is 0. The molecular formula is C13H28N2O2S. The first kappa shape index (κ1) is 17.7. The average Bonchev–Trinajstić information content (AvgIpc) is 2.33. The first-order valence-electron chi connectivity index (χ1n) is 6.73. The molecule has 0 bridgehead atoms. The van der Waals surface area contributed by atoms with Gasteiger partial charge in [0.1, 0.15) is 0 Å². The van der Waals surface area contributed by atoms with E-state index in [2.05, 4.69) is 17.1 Å². The molecule has 0 atom stereocenters. The Morgan fingerprint density at radius 3 is 2.72 bits per heavy atom. The summed E-state index contributed by atoms with van der Waals surface area (Å²) in [5, 5.41) is 2.87. The summed E-state index contributed by atoms with van der Waals surface area (Å²) in [7, 11) is 4.03. The van der Waals surface area contributed by atoms with E-state index in [-0.39, 0.29) is 5.91 Å². The fraction of sp³-hybridized carbons (Fsp3) is 0.923. The first-order chi connectivity index (χ1) is 8.66. The summed E-state index contributed by atoms with van der Waals surface area (Å²) < 4.78 is 5.39. The molecule has 1 amide bonds. The van der Waals surface area contributed by atoms with Crippen LogP contribution in [0.15, 0.2) is 0 Å². The monoisotopic (exact) mass is 276 g/mol. The van der Waals surface area contributed by atoms with Gasteiger partial charge in [0.15, 0.2) is 0 Å². The Hall–Kier alpha value is -0.260. The normalized spacial score (nSPS) is 10.9. The quantitative estimate of drug-likeness (QED) is 0.550. The minimum absolute atomic E-state index is 0.134. The Kier molecular flexibility index (Phi) is 13.0. The summed E-state index contributed by atoms with van der Waals surface area (Å²) in [4.78, 5) is 13.5. The van der Waals surface area contributed by atoms with Crippen molar-refractivity contribution < 1.29 is 9.53 Å². The molecule has 0 aliphatic rings. The molecule has 0 aliphatic carbocycles. The Morgan fingerprint density at radius 2 is 2.06 bits per heavy atom. The third kappa shape index (κ3) is 13.8. The largest absolute Gasteiger partial charge is 0.378 e. The fourth-order valence-electron chi connectivity index (χ4n) is 1.21. The van der Waals surface area contributed by atoms with Crippen molar-refractivity contribution >= 4 is 17.7 Å². The number of likely N-dealkylation sites (N-methyl/N-ethyl adjacent to an activating group) is 1. The highest BCUT2D eigenvalue weighted by molar-refractivity contribution is 7.99. The Bertz CT molecular complexity index is 201. The second-order valence-corrected chi connectivity index (χ2v) is 5.71. The molecule has 0 aromatic heterocycles. The molecule has 0 aliphatic heterocycles. The highest BCUT2D eigenvalue weighted by atomic mass is 32.2. The van der Waals surface area contributed by atoms with Crippen molar-refractivity contribution in [3.63, 3.8) is 0 Å². The minimum Gasteiger partial charge on any atom is -0.378 e. The van der Waals surface area contributed by atoms with Crippen molar-refractivity contribution in [2.75, 3.05) is 51.9 Å². The van der Waals surface area contributed by atoms with Crippen LogP contribution in [0, 0.1) is 0 Å². The second-order valence-electron chi connectivity index (χ2n) is 4.48. The van der Waals surface area contributed by atoms with Gasteiger partial charge >= 0.3 is 0 Å². The SMILES string of the molecule is CCCCSCCC(=O)NCCOCCN(C)C. The van der Waals surface area contributed by atoms with Gasteiger partial charge < -0.3 is 15.0 Å². The zero-order valence-corrected chi connectivity index (χ0v) is 12.9. The number of nitrogens with one attached hydrogen (secondary N) is 1. The summed E-state index contributed by atoms with van der Waals surface area (Å²) in [6.07, 6.45) is 3.08. The number of hydrogen-bond acceptors (Lipinski definition) is 4. The highest BCUT2D eigenvalue weighted by Gasteiger charge is 2.00. The molecule has 0 rings (SSSR count). The predicted octanol–water partition coefficient (Wildman–Crippen LogP) is 1.60. The minimum atomic E-state index is 0.134. The molecule has 108 valence electrons. The van der Waals surface area contributed by atoms with E-state index in [0.717, 1.165) is 24.7 Å². The molecule has 0 fully saturated rings. The van der Waals surface area contributed by atoms with Gasteiger partial charge in [-0.3, -0.25) is 4.79 Å². The third-order valence-corrected chi connectivity index (χ3v) is 3.44. The van der Waals surface area contributed by atoms with Crippen molar-refractivity contribution in [3.8, 4) is 0 Å². The Morgan fingerprint density at radius 1 is 1.28 bits per heavy atom. The third-order valence-electron chi connectivity index (χ3n) is 2.37. The number of carbonyl (C=O) groups is 1. The van der Waals surface area contributed by atoms with Gasteiger partial charge in [0.05, 0.1) is 13.2 Å². The van der Waals surface area contributed by atoms with E-state index in [1.54, 1.807) is 0 Å². The van der Waals surface area contributed by atoms with Gasteiger partial charge in [-0.15, -0.1) is 0 Å². The molecule has 0 unspecified atom stereocenters. The average molecular weight is 276 g/mol. The van der Waals surface area contributed by atoms with Crippen molar-refractivity contribution in [2.24, 2.45) is 0 Å². The molecule has 5 heteroatoms. The maximum Gasteiger partial charge on any atom is 0.220 e. The summed E-state index contributed by atoms with van der Waals surface area (Å²) in [5.41, 5.74) is 0. The lowest BCUT2D eigenvalue weighted by Crippen LogP contribution is -2.28. The molecule has 18 heavy (non-hydrogen) atoms. The number of unbranched alkanes of at least 4 members (excludes halogenated alkanes) is 1. The summed E-state index contributed by atoms with van der Waals surface area (Å²) in [6.45, 7) is 5.04. The highest BCUT2D eigenvalue weighted by Crippen LogP contribution is 2.05. The number of carbonyl (C=O) groups excluding carboxylic acids is 1. The standard InChI is InChI=1S/C13H28N2O2S/c1-4-5-11-18-12-6-13(16)14-7-9-17-10-8-15(2)3/h4-12H2,1-3H3,(H,14,16). The Labute approximate surface area is 116 Å². The van der Waals surface area contributed by atoms with Crippen molar-refractivity contribution in [3.05, 3.63) is 0 Å². The van der Waals surface area contributed by atoms with Crippen molar-refractivity contribution in [1.82, 2.24) is 10.2 Å². The molecule has 0 saturated heterocycles. The van der Waals surface area contributed by atoms with Gasteiger partial charge in [-0.1, -0.05) is 13.3 Å². The van der Waals surface area contributed by atoms with Crippen molar-refractivity contribution in [1.29, 1.82) is 0 Å². The summed E-state index contributed by atoms with van der Waals surface area (Å²) >= 11 is 1.86. The maximum absolute atomic E-state index is 11.4. The van der Waals surface area contributed by atoms with Gasteiger partial charge in [0.2, 0.25) is 5.91 Å². The van der Waals surface area contributed by atoms with E-state index >= 15 is 0 Å². The lowest BCUT2D eigenvalue weighted by Gasteiger charge is -2.10. The van der Waals surface area contributed by atoms with E-state index in [9.17, 15) is 4.79 Å². The van der Waals surface area contributed by atoms with Crippen LogP contribution in [0.3, 0.4) is 0 Å². The number of thioether (sulfide) groups is 1. The van der Waals surface area contributed by atoms with E-state index in [0.29, 0.717) is 19.6 Å². The van der Waals surface area contributed by atoms with Gasteiger partial charge in [0.25, 0.3) is 0 Å². The molecule has 1 N–H and O–H groups in total. The zero-order valence-electron chi connectivity index (χ0n) is 12.0.